The zero-order valence-corrected chi connectivity index (χ0v) is 9.47. The van der Waals surface area contributed by atoms with E-state index >= 15 is 0 Å². The highest BCUT2D eigenvalue weighted by Gasteiger charge is 2.13. The van der Waals surface area contributed by atoms with Crippen molar-refractivity contribution in [3.63, 3.8) is 0 Å². The molecule has 1 aliphatic heterocycles. The van der Waals surface area contributed by atoms with Crippen LogP contribution in [-0.4, -0.2) is 23.4 Å². The molecule has 6 nitrogen and oxygen atoms in total. The SMILES string of the molecule is Nc1cc(-c2ccc3c(c2)OCCO3)c(=O)[nH]n1. The van der Waals surface area contributed by atoms with E-state index in [-0.39, 0.29) is 11.4 Å². The number of nitrogens with one attached hydrogen (secondary N) is 1. The summed E-state index contributed by atoms with van der Waals surface area (Å²) in [7, 11) is 0. The molecule has 6 heteroatoms. The number of nitrogen functional groups attached to an aromatic ring is 1. The second-order valence-corrected chi connectivity index (χ2v) is 3.89. The highest BCUT2D eigenvalue weighted by Crippen LogP contribution is 2.33. The predicted octanol–water partition coefficient (Wildman–Crippen LogP) is 0.790. The fourth-order valence-corrected chi connectivity index (χ4v) is 1.85. The van der Waals surface area contributed by atoms with Crippen molar-refractivity contribution in [1.29, 1.82) is 0 Å². The number of rotatable bonds is 1. The first-order valence-corrected chi connectivity index (χ1v) is 5.49. The average molecular weight is 245 g/mol. The van der Waals surface area contributed by atoms with Crippen LogP contribution in [0, 0.1) is 0 Å². The standard InChI is InChI=1S/C12H11N3O3/c13-11-6-8(12(16)15-14-11)7-1-2-9-10(5-7)18-4-3-17-9/h1-2,5-6H,3-4H2,(H2,13,14)(H,15,16). The van der Waals surface area contributed by atoms with Gasteiger partial charge >= 0.3 is 0 Å². The topological polar surface area (TPSA) is 90.2 Å². The fraction of sp³-hybridized carbons (Fsp3) is 0.167. The van der Waals surface area contributed by atoms with Gasteiger partial charge in [0.25, 0.3) is 5.56 Å². The number of ether oxygens (including phenoxy) is 2. The van der Waals surface area contributed by atoms with E-state index in [1.54, 1.807) is 18.2 Å². The van der Waals surface area contributed by atoms with Gasteiger partial charge < -0.3 is 15.2 Å². The Morgan fingerprint density at radius 3 is 2.78 bits per heavy atom. The molecular weight excluding hydrogens is 234 g/mol. The Kier molecular flexibility index (Phi) is 2.40. The number of H-pyrrole nitrogens is 1. The lowest BCUT2D eigenvalue weighted by molar-refractivity contribution is 0.171. The highest BCUT2D eigenvalue weighted by atomic mass is 16.6. The minimum absolute atomic E-state index is 0.263. The smallest absolute Gasteiger partial charge is 0.272 e. The monoisotopic (exact) mass is 245 g/mol. The Hall–Kier alpha value is -2.50. The lowest BCUT2D eigenvalue weighted by atomic mass is 10.1. The molecular formula is C12H11N3O3. The molecule has 0 saturated heterocycles. The van der Waals surface area contributed by atoms with Gasteiger partial charge in [-0.05, 0) is 23.8 Å². The van der Waals surface area contributed by atoms with Gasteiger partial charge in [-0.2, -0.15) is 5.10 Å². The first kappa shape index (κ1) is 10.6. The molecule has 2 aromatic rings. The van der Waals surface area contributed by atoms with Crippen LogP contribution in [0.2, 0.25) is 0 Å². The van der Waals surface area contributed by atoms with E-state index in [9.17, 15) is 4.79 Å². The number of nitrogens with two attached hydrogens (primary N) is 1. The molecule has 0 bridgehead atoms. The molecule has 2 heterocycles. The van der Waals surface area contributed by atoms with Gasteiger partial charge in [0.05, 0.1) is 5.56 Å². The molecule has 0 amide bonds. The van der Waals surface area contributed by atoms with Crippen LogP contribution in [0.5, 0.6) is 11.5 Å². The normalized spacial score (nSPS) is 13.3. The number of hydrogen-bond acceptors (Lipinski definition) is 5. The summed E-state index contributed by atoms with van der Waals surface area (Å²) in [6, 6.07) is 6.86. The van der Waals surface area contributed by atoms with Gasteiger partial charge in [-0.1, -0.05) is 6.07 Å². The first-order valence-electron chi connectivity index (χ1n) is 5.49. The second-order valence-electron chi connectivity index (χ2n) is 3.89. The van der Waals surface area contributed by atoms with E-state index in [0.29, 0.717) is 30.3 Å². The van der Waals surface area contributed by atoms with Crippen LogP contribution < -0.4 is 20.8 Å². The van der Waals surface area contributed by atoms with Gasteiger partial charge in [-0.3, -0.25) is 4.79 Å². The quantitative estimate of drug-likeness (QED) is 0.775. The number of benzene rings is 1. The third kappa shape index (κ3) is 1.77. The molecule has 0 atom stereocenters. The van der Waals surface area contributed by atoms with E-state index < -0.39 is 0 Å². The third-order valence-corrected chi connectivity index (χ3v) is 2.68. The molecule has 3 N–H and O–H groups in total. The van der Waals surface area contributed by atoms with Crippen molar-refractivity contribution in [2.45, 2.75) is 0 Å². The minimum Gasteiger partial charge on any atom is -0.486 e. The minimum atomic E-state index is -0.291. The van der Waals surface area contributed by atoms with Gasteiger partial charge in [-0.15, -0.1) is 0 Å². The number of aromatic amines is 1. The number of nitrogens with zero attached hydrogens (tertiary/aromatic N) is 1. The first-order chi connectivity index (χ1) is 8.74. The van der Waals surface area contributed by atoms with Crippen LogP contribution in [0.4, 0.5) is 5.82 Å². The molecule has 3 rings (SSSR count). The summed E-state index contributed by atoms with van der Waals surface area (Å²) in [6.07, 6.45) is 0. The molecule has 1 aliphatic rings. The maximum atomic E-state index is 11.7. The van der Waals surface area contributed by atoms with E-state index in [0.717, 1.165) is 5.56 Å². The molecule has 92 valence electrons. The molecule has 0 unspecified atom stereocenters. The molecule has 0 spiro atoms. The molecule has 18 heavy (non-hydrogen) atoms. The summed E-state index contributed by atoms with van der Waals surface area (Å²) in [6.45, 7) is 1.04. The van der Waals surface area contributed by atoms with Gasteiger partial charge in [0.1, 0.15) is 19.0 Å². The molecule has 0 radical (unpaired) electrons. The summed E-state index contributed by atoms with van der Waals surface area (Å²) in [5.74, 6) is 1.58. The van der Waals surface area contributed by atoms with Crippen molar-refractivity contribution in [1.82, 2.24) is 10.2 Å². The third-order valence-electron chi connectivity index (χ3n) is 2.68. The van der Waals surface area contributed by atoms with Crippen LogP contribution in [0.3, 0.4) is 0 Å². The fourth-order valence-electron chi connectivity index (χ4n) is 1.85. The van der Waals surface area contributed by atoms with Crippen LogP contribution in [0.25, 0.3) is 11.1 Å². The zero-order valence-electron chi connectivity index (χ0n) is 9.47. The number of aromatic nitrogens is 2. The Labute approximate surface area is 102 Å². The zero-order chi connectivity index (χ0) is 12.5. The van der Waals surface area contributed by atoms with Crippen molar-refractivity contribution < 1.29 is 9.47 Å². The van der Waals surface area contributed by atoms with E-state index in [4.69, 9.17) is 15.2 Å². The van der Waals surface area contributed by atoms with Gasteiger partial charge in [0.2, 0.25) is 0 Å². The predicted molar refractivity (Wildman–Crippen MR) is 65.7 cm³/mol. The van der Waals surface area contributed by atoms with Crippen molar-refractivity contribution in [3.05, 3.63) is 34.6 Å². The summed E-state index contributed by atoms with van der Waals surface area (Å²) in [4.78, 5) is 11.7. The largest absolute Gasteiger partial charge is 0.486 e. The lowest BCUT2D eigenvalue weighted by Crippen LogP contribution is -2.16. The van der Waals surface area contributed by atoms with E-state index in [2.05, 4.69) is 10.2 Å². The van der Waals surface area contributed by atoms with Crippen molar-refractivity contribution in [2.24, 2.45) is 0 Å². The maximum absolute atomic E-state index is 11.7. The van der Waals surface area contributed by atoms with Gasteiger partial charge in [0, 0.05) is 0 Å². The van der Waals surface area contributed by atoms with Crippen LogP contribution in [0.1, 0.15) is 0 Å². The summed E-state index contributed by atoms with van der Waals surface area (Å²) >= 11 is 0. The maximum Gasteiger partial charge on any atom is 0.272 e. The molecule has 1 aromatic heterocycles. The summed E-state index contributed by atoms with van der Waals surface area (Å²) in [5.41, 5.74) is 6.45. The lowest BCUT2D eigenvalue weighted by Gasteiger charge is -2.18. The molecule has 1 aromatic carbocycles. The van der Waals surface area contributed by atoms with Crippen molar-refractivity contribution in [2.75, 3.05) is 18.9 Å². The highest BCUT2D eigenvalue weighted by molar-refractivity contribution is 5.68. The Balaban J connectivity index is 2.12. The summed E-state index contributed by atoms with van der Waals surface area (Å²) < 4.78 is 10.9. The number of fused-ring (bicyclic) bond motifs is 1. The van der Waals surface area contributed by atoms with Crippen molar-refractivity contribution in [3.8, 4) is 22.6 Å². The molecule has 0 fully saturated rings. The number of anilines is 1. The van der Waals surface area contributed by atoms with Crippen molar-refractivity contribution >= 4 is 5.82 Å². The average Bonchev–Trinajstić information content (AvgIpc) is 2.41. The van der Waals surface area contributed by atoms with Crippen LogP contribution in [0.15, 0.2) is 29.1 Å². The second kappa shape index (κ2) is 4.06. The molecule has 0 saturated carbocycles. The number of hydrogen-bond donors (Lipinski definition) is 2. The van der Waals surface area contributed by atoms with Gasteiger partial charge in [0.15, 0.2) is 11.5 Å². The Bertz CT molecular complexity index is 651. The van der Waals surface area contributed by atoms with Gasteiger partial charge in [-0.25, -0.2) is 5.10 Å². The summed E-state index contributed by atoms with van der Waals surface area (Å²) in [5, 5.41) is 5.98. The Morgan fingerprint density at radius 2 is 1.94 bits per heavy atom. The van der Waals surface area contributed by atoms with E-state index in [1.807, 2.05) is 0 Å². The Morgan fingerprint density at radius 1 is 1.17 bits per heavy atom. The van der Waals surface area contributed by atoms with E-state index in [1.165, 1.54) is 6.07 Å². The van der Waals surface area contributed by atoms with Crippen LogP contribution in [-0.2, 0) is 0 Å². The van der Waals surface area contributed by atoms with Crippen LogP contribution >= 0.6 is 0 Å². The molecule has 0 aliphatic carbocycles.